The number of carbonyl (C=O) groups is 2. The second kappa shape index (κ2) is 11.6. The molecule has 0 spiro atoms. The Kier molecular flexibility index (Phi) is 8.59. The number of halogens is 1. The van der Waals surface area contributed by atoms with E-state index in [-0.39, 0.29) is 31.3 Å². The maximum atomic E-state index is 13.1. The lowest BCUT2D eigenvalue weighted by molar-refractivity contribution is -0.136. The molecule has 0 fully saturated rings. The first kappa shape index (κ1) is 22.9. The summed E-state index contributed by atoms with van der Waals surface area (Å²) in [7, 11) is 0. The molecule has 31 heavy (non-hydrogen) atoms. The number of rotatable bonds is 4. The quantitative estimate of drug-likeness (QED) is 0.774. The number of hydrogen-bond acceptors (Lipinski definition) is 4. The van der Waals surface area contributed by atoms with E-state index in [1.165, 1.54) is 0 Å². The van der Waals surface area contributed by atoms with Gasteiger partial charge in [0, 0.05) is 17.1 Å². The Morgan fingerprint density at radius 3 is 2.71 bits per heavy atom. The van der Waals surface area contributed by atoms with Crippen LogP contribution in [0.5, 0.6) is 11.5 Å². The van der Waals surface area contributed by atoms with Crippen LogP contribution in [0, 0.1) is 0 Å². The Hall–Kier alpha value is -2.73. The number of hydrogen-bond donors (Lipinski definition) is 1. The maximum absolute atomic E-state index is 13.1. The molecule has 1 aliphatic heterocycles. The van der Waals surface area contributed by atoms with Gasteiger partial charge >= 0.3 is 0 Å². The van der Waals surface area contributed by atoms with E-state index in [0.717, 1.165) is 30.4 Å². The van der Waals surface area contributed by atoms with Gasteiger partial charge in [0.25, 0.3) is 0 Å². The summed E-state index contributed by atoms with van der Waals surface area (Å²) in [5, 5.41) is 3.53. The predicted octanol–water partition coefficient (Wildman–Crippen LogP) is 3.99. The number of nitrogens with zero attached hydrogens (tertiary/aromatic N) is 1. The van der Waals surface area contributed by atoms with Crippen LogP contribution < -0.4 is 14.8 Å². The topological polar surface area (TPSA) is 67.9 Å². The highest BCUT2D eigenvalue weighted by Crippen LogP contribution is 2.33. The smallest absolute Gasteiger partial charge is 0.239 e. The summed E-state index contributed by atoms with van der Waals surface area (Å²) in [4.78, 5) is 27.2. The first-order valence-corrected chi connectivity index (χ1v) is 11.1. The Bertz CT molecular complexity index is 886. The van der Waals surface area contributed by atoms with Crippen molar-refractivity contribution in [1.82, 2.24) is 10.2 Å². The minimum Gasteiger partial charge on any atom is -0.490 e. The monoisotopic (exact) mass is 444 g/mol. The molecule has 1 N–H and O–H groups in total. The molecule has 0 saturated heterocycles. The maximum Gasteiger partial charge on any atom is 0.239 e. The van der Waals surface area contributed by atoms with Gasteiger partial charge in [0.15, 0.2) is 11.5 Å². The van der Waals surface area contributed by atoms with Gasteiger partial charge in [-0.05, 0) is 49.9 Å². The van der Waals surface area contributed by atoms with Gasteiger partial charge in [-0.2, -0.15) is 0 Å². The van der Waals surface area contributed by atoms with Crippen LogP contribution in [0.4, 0.5) is 0 Å². The lowest BCUT2D eigenvalue weighted by Gasteiger charge is -2.24. The first-order chi connectivity index (χ1) is 15.1. The van der Waals surface area contributed by atoms with Crippen LogP contribution in [-0.4, -0.2) is 43.0 Å². The predicted molar refractivity (Wildman–Crippen MR) is 121 cm³/mol. The van der Waals surface area contributed by atoms with Gasteiger partial charge in [-0.3, -0.25) is 9.59 Å². The lowest BCUT2D eigenvalue weighted by atomic mass is 10.1. The molecule has 1 aliphatic rings. The second-order valence-corrected chi connectivity index (χ2v) is 7.93. The average molecular weight is 445 g/mol. The molecule has 0 aromatic heterocycles. The van der Waals surface area contributed by atoms with Crippen LogP contribution >= 0.6 is 11.6 Å². The van der Waals surface area contributed by atoms with Crippen molar-refractivity contribution in [3.8, 4) is 11.5 Å². The van der Waals surface area contributed by atoms with Gasteiger partial charge in [-0.1, -0.05) is 35.9 Å². The molecule has 0 unspecified atom stereocenters. The highest BCUT2D eigenvalue weighted by atomic mass is 35.5. The van der Waals surface area contributed by atoms with Crippen molar-refractivity contribution in [2.24, 2.45) is 0 Å². The summed E-state index contributed by atoms with van der Waals surface area (Å²) in [6.45, 7) is 3.84. The van der Waals surface area contributed by atoms with E-state index in [9.17, 15) is 9.59 Å². The van der Waals surface area contributed by atoms with Crippen molar-refractivity contribution < 1.29 is 19.1 Å². The van der Waals surface area contributed by atoms with Crippen molar-refractivity contribution in [2.75, 3.05) is 26.3 Å². The summed E-state index contributed by atoms with van der Waals surface area (Å²) in [6.07, 6.45) is 2.89. The van der Waals surface area contributed by atoms with Gasteiger partial charge < -0.3 is 19.7 Å². The summed E-state index contributed by atoms with van der Waals surface area (Å²) >= 11 is 5.95. The summed E-state index contributed by atoms with van der Waals surface area (Å²) in [5.74, 6) is 1.00. The molecule has 2 amide bonds. The summed E-state index contributed by atoms with van der Waals surface area (Å²) in [5.41, 5.74) is 1.67. The molecule has 0 bridgehead atoms. The van der Waals surface area contributed by atoms with E-state index in [1.807, 2.05) is 37.3 Å². The Labute approximate surface area is 188 Å². The third-order valence-corrected chi connectivity index (χ3v) is 5.32. The number of nitrogens with one attached hydrogen (secondary N) is 1. The van der Waals surface area contributed by atoms with Crippen LogP contribution in [0.15, 0.2) is 42.5 Å². The highest BCUT2D eigenvalue weighted by molar-refractivity contribution is 6.30. The Morgan fingerprint density at radius 2 is 1.94 bits per heavy atom. The average Bonchev–Trinajstić information content (AvgIpc) is 2.77. The molecule has 6 nitrogen and oxygen atoms in total. The van der Waals surface area contributed by atoms with Crippen LogP contribution in [0.1, 0.15) is 37.3 Å². The van der Waals surface area contributed by atoms with Gasteiger partial charge in [0.2, 0.25) is 11.8 Å². The number of benzene rings is 2. The molecule has 1 heterocycles. The van der Waals surface area contributed by atoms with Crippen LogP contribution in [0.3, 0.4) is 0 Å². The molecule has 0 radical (unpaired) electrons. The molecule has 0 saturated carbocycles. The highest BCUT2D eigenvalue weighted by Gasteiger charge is 2.21. The van der Waals surface area contributed by atoms with Crippen LogP contribution in [-0.2, 0) is 22.6 Å². The van der Waals surface area contributed by atoms with E-state index >= 15 is 0 Å². The van der Waals surface area contributed by atoms with Crippen molar-refractivity contribution in [2.45, 2.75) is 39.2 Å². The van der Waals surface area contributed by atoms with Gasteiger partial charge in [0.05, 0.1) is 32.7 Å². The zero-order chi connectivity index (χ0) is 22.1. The number of para-hydroxylation sites is 1. The first-order valence-electron chi connectivity index (χ1n) is 10.7. The third kappa shape index (κ3) is 6.89. The van der Waals surface area contributed by atoms with Crippen molar-refractivity contribution in [1.29, 1.82) is 0 Å². The molecule has 3 rings (SSSR count). The number of amides is 2. The summed E-state index contributed by atoms with van der Waals surface area (Å²) < 4.78 is 11.8. The van der Waals surface area contributed by atoms with E-state index in [0.29, 0.717) is 36.3 Å². The van der Waals surface area contributed by atoms with Gasteiger partial charge in [0.1, 0.15) is 0 Å². The Balaban J connectivity index is 1.87. The zero-order valence-corrected chi connectivity index (χ0v) is 18.6. The second-order valence-electron chi connectivity index (χ2n) is 7.49. The standard InChI is InChI=1S/C24H29ClN2O4/c1-2-30-21-8-6-7-19-16-27(23(29)15-18-9-11-20(25)12-10-18)17-22(28)26-13-4-3-5-14-31-24(19)21/h6-12H,2-5,13-17H2,1H3,(H,26,28). The van der Waals surface area contributed by atoms with Crippen molar-refractivity contribution >= 4 is 23.4 Å². The lowest BCUT2D eigenvalue weighted by Crippen LogP contribution is -2.41. The fraction of sp³-hybridized carbons (Fsp3) is 0.417. The molecule has 2 aromatic carbocycles. The largest absolute Gasteiger partial charge is 0.490 e. The molecule has 2 aromatic rings. The van der Waals surface area contributed by atoms with Gasteiger partial charge in [-0.25, -0.2) is 0 Å². The van der Waals surface area contributed by atoms with E-state index in [1.54, 1.807) is 17.0 Å². The normalized spacial score (nSPS) is 15.4. The van der Waals surface area contributed by atoms with E-state index < -0.39 is 0 Å². The van der Waals surface area contributed by atoms with Crippen molar-refractivity contribution in [3.05, 3.63) is 58.6 Å². The third-order valence-electron chi connectivity index (χ3n) is 5.07. The fourth-order valence-corrected chi connectivity index (χ4v) is 3.61. The molecular formula is C24H29ClN2O4. The van der Waals surface area contributed by atoms with Crippen molar-refractivity contribution in [3.63, 3.8) is 0 Å². The molecular weight excluding hydrogens is 416 g/mol. The number of carbonyl (C=O) groups excluding carboxylic acids is 2. The van der Waals surface area contributed by atoms with Gasteiger partial charge in [-0.15, -0.1) is 0 Å². The van der Waals surface area contributed by atoms with E-state index in [4.69, 9.17) is 21.1 Å². The van der Waals surface area contributed by atoms with Crippen LogP contribution in [0.2, 0.25) is 5.02 Å². The summed E-state index contributed by atoms with van der Waals surface area (Å²) in [6, 6.07) is 12.8. The fourth-order valence-electron chi connectivity index (χ4n) is 3.48. The minimum atomic E-state index is -0.160. The number of ether oxygens (including phenoxy) is 2. The molecule has 166 valence electrons. The molecule has 0 aliphatic carbocycles. The molecule has 7 heteroatoms. The Morgan fingerprint density at radius 1 is 1.13 bits per heavy atom. The SMILES string of the molecule is CCOc1cccc2c1OCCCCCNC(=O)CN(C(=O)Cc1ccc(Cl)cc1)C2. The van der Waals surface area contributed by atoms with E-state index in [2.05, 4.69) is 5.32 Å². The minimum absolute atomic E-state index is 0.00920. The number of fused-ring (bicyclic) bond motifs is 1. The zero-order valence-electron chi connectivity index (χ0n) is 17.9. The van der Waals surface area contributed by atoms with Crippen LogP contribution in [0.25, 0.3) is 0 Å². The molecule has 0 atom stereocenters.